The van der Waals surface area contributed by atoms with E-state index in [0.29, 0.717) is 11.8 Å². The summed E-state index contributed by atoms with van der Waals surface area (Å²) in [6.45, 7) is 3.23. The highest BCUT2D eigenvalue weighted by Crippen LogP contribution is 2.47. The lowest BCUT2D eigenvalue weighted by atomic mass is 9.79. The van der Waals surface area contributed by atoms with Crippen LogP contribution in [0.15, 0.2) is 48.5 Å². The summed E-state index contributed by atoms with van der Waals surface area (Å²) >= 11 is 0. The third-order valence-electron chi connectivity index (χ3n) is 9.20. The molecule has 3 fully saturated rings. The van der Waals surface area contributed by atoms with Gasteiger partial charge in [0.05, 0.1) is 0 Å². The first-order valence-electron chi connectivity index (χ1n) is 13.5. The summed E-state index contributed by atoms with van der Waals surface area (Å²) in [7, 11) is 0. The Morgan fingerprint density at radius 3 is 2.38 bits per heavy atom. The van der Waals surface area contributed by atoms with E-state index >= 15 is 0 Å². The maximum absolute atomic E-state index is 13.5. The number of nitrogens with zero attached hydrogens (tertiary/aromatic N) is 1. The van der Waals surface area contributed by atoms with Crippen LogP contribution in [-0.2, 0) is 29.7 Å². The molecular formula is C30H38N2O2. The molecule has 0 radical (unpaired) electrons. The first-order chi connectivity index (χ1) is 16.6. The Labute approximate surface area is 203 Å². The van der Waals surface area contributed by atoms with Crippen LogP contribution in [0.25, 0.3) is 0 Å². The third-order valence-corrected chi connectivity index (χ3v) is 9.20. The molecule has 2 aromatic rings. The van der Waals surface area contributed by atoms with E-state index in [-0.39, 0.29) is 17.9 Å². The number of likely N-dealkylation sites (tertiary alicyclic amines) is 1. The largest absolute Gasteiger partial charge is 0.375 e. The second kappa shape index (κ2) is 9.13. The Balaban J connectivity index is 1.04. The molecule has 0 spiro atoms. The number of benzene rings is 2. The van der Waals surface area contributed by atoms with Crippen molar-refractivity contribution in [3.05, 3.63) is 70.8 Å². The summed E-state index contributed by atoms with van der Waals surface area (Å²) in [4.78, 5) is 16.0. The van der Waals surface area contributed by atoms with Gasteiger partial charge in [0.2, 0.25) is 0 Å². The number of hydrogen-bond donors (Lipinski definition) is 2. The van der Waals surface area contributed by atoms with Crippen molar-refractivity contribution in [1.29, 1.82) is 0 Å². The Kier molecular flexibility index (Phi) is 5.99. The average Bonchev–Trinajstić information content (AvgIpc) is 3.28. The zero-order valence-electron chi connectivity index (χ0n) is 20.2. The summed E-state index contributed by atoms with van der Waals surface area (Å²) in [6.07, 6.45) is 10.3. The van der Waals surface area contributed by atoms with Gasteiger partial charge in [0, 0.05) is 31.6 Å². The Morgan fingerprint density at radius 2 is 1.65 bits per heavy atom. The molecular weight excluding hydrogens is 420 g/mol. The minimum atomic E-state index is -1.40. The lowest BCUT2D eigenvalue weighted by Gasteiger charge is -2.33. The van der Waals surface area contributed by atoms with Crippen molar-refractivity contribution in [2.45, 2.75) is 69.4 Å². The maximum atomic E-state index is 13.5. The quantitative estimate of drug-likeness (QED) is 0.653. The van der Waals surface area contributed by atoms with Gasteiger partial charge < -0.3 is 15.3 Å². The number of aryl methyl sites for hydroxylation is 2. The molecule has 3 unspecified atom stereocenters. The molecule has 4 atom stereocenters. The number of rotatable bonds is 7. The number of amides is 1. The highest BCUT2D eigenvalue weighted by Gasteiger charge is 2.58. The van der Waals surface area contributed by atoms with Gasteiger partial charge in [0.1, 0.15) is 0 Å². The first kappa shape index (κ1) is 22.3. The van der Waals surface area contributed by atoms with Crippen LogP contribution in [0.1, 0.15) is 60.8 Å². The van der Waals surface area contributed by atoms with Crippen molar-refractivity contribution in [1.82, 2.24) is 10.2 Å². The SMILES string of the molecule is O=C(NC1C2CN(CCc3ccc4c(c3)CCCC4)C[C@@H]21)C(O)(c1ccccc1)C1CCCC1. The number of aliphatic hydroxyl groups is 1. The lowest BCUT2D eigenvalue weighted by molar-refractivity contribution is -0.147. The monoisotopic (exact) mass is 458 g/mol. The second-order valence-electron chi connectivity index (χ2n) is 11.3. The molecule has 1 aliphatic heterocycles. The smallest absolute Gasteiger partial charge is 0.257 e. The van der Waals surface area contributed by atoms with Crippen molar-refractivity contribution in [2.75, 3.05) is 19.6 Å². The standard InChI is InChI=1S/C30H38N2O2/c33-29(30(34,25-12-6-7-13-25)24-10-2-1-3-11-24)31-28-26-19-32(20-27(26)28)17-16-21-14-15-22-8-4-5-9-23(22)18-21/h1-3,10-11,14-15,18,25-28,34H,4-9,12-13,16-17,19-20H2,(H,31,33)/t26-,27?,28?,30?/m0/s1. The summed E-state index contributed by atoms with van der Waals surface area (Å²) < 4.78 is 0. The molecule has 1 heterocycles. The fourth-order valence-electron chi connectivity index (χ4n) is 7.09. The van der Waals surface area contributed by atoms with Crippen LogP contribution in [0.4, 0.5) is 0 Å². The minimum absolute atomic E-state index is 0.0154. The van der Waals surface area contributed by atoms with Gasteiger partial charge in [0.15, 0.2) is 5.60 Å². The van der Waals surface area contributed by atoms with E-state index in [1.54, 1.807) is 11.1 Å². The highest BCUT2D eigenvalue weighted by molar-refractivity contribution is 5.87. The van der Waals surface area contributed by atoms with Gasteiger partial charge >= 0.3 is 0 Å². The summed E-state index contributed by atoms with van der Waals surface area (Å²) in [5, 5.41) is 15.0. The fourth-order valence-corrected chi connectivity index (χ4v) is 7.09. The average molecular weight is 459 g/mol. The number of piperidine rings is 1. The van der Waals surface area contributed by atoms with E-state index in [2.05, 4.69) is 28.4 Å². The van der Waals surface area contributed by atoms with Gasteiger partial charge in [-0.15, -0.1) is 0 Å². The lowest BCUT2D eigenvalue weighted by Crippen LogP contribution is -2.51. The molecule has 2 N–H and O–H groups in total. The normalized spacial score (nSPS) is 28.2. The van der Waals surface area contributed by atoms with E-state index in [9.17, 15) is 9.90 Å². The van der Waals surface area contributed by atoms with Crippen LogP contribution in [0.5, 0.6) is 0 Å². The Morgan fingerprint density at radius 1 is 0.941 bits per heavy atom. The molecule has 0 bridgehead atoms. The van der Waals surface area contributed by atoms with Crippen molar-refractivity contribution in [2.24, 2.45) is 17.8 Å². The maximum Gasteiger partial charge on any atom is 0.257 e. The van der Waals surface area contributed by atoms with E-state index in [1.165, 1.54) is 31.2 Å². The summed E-state index contributed by atoms with van der Waals surface area (Å²) in [5.41, 5.74) is 3.95. The van der Waals surface area contributed by atoms with Gasteiger partial charge in [-0.05, 0) is 79.0 Å². The Bertz CT molecular complexity index is 1020. The third kappa shape index (κ3) is 4.09. The second-order valence-corrected chi connectivity index (χ2v) is 11.3. The molecule has 3 aliphatic carbocycles. The fraction of sp³-hybridized carbons (Fsp3) is 0.567. The Hall–Kier alpha value is -2.17. The first-order valence-corrected chi connectivity index (χ1v) is 13.5. The summed E-state index contributed by atoms with van der Waals surface area (Å²) in [5.74, 6) is 0.916. The number of carbonyl (C=O) groups excluding carboxylic acids is 1. The molecule has 6 rings (SSSR count). The zero-order chi connectivity index (χ0) is 23.1. The molecule has 0 aromatic heterocycles. The van der Waals surface area contributed by atoms with Crippen molar-refractivity contribution < 1.29 is 9.90 Å². The summed E-state index contributed by atoms with van der Waals surface area (Å²) in [6, 6.07) is 17.0. The van der Waals surface area contributed by atoms with Gasteiger partial charge in [-0.3, -0.25) is 4.79 Å². The van der Waals surface area contributed by atoms with E-state index in [0.717, 1.165) is 57.3 Å². The van der Waals surface area contributed by atoms with E-state index in [4.69, 9.17) is 0 Å². The zero-order valence-corrected chi connectivity index (χ0v) is 20.2. The molecule has 1 saturated heterocycles. The van der Waals surface area contributed by atoms with Gasteiger partial charge in [-0.25, -0.2) is 0 Å². The van der Waals surface area contributed by atoms with Crippen LogP contribution in [0.3, 0.4) is 0 Å². The highest BCUT2D eigenvalue weighted by atomic mass is 16.3. The van der Waals surface area contributed by atoms with Crippen LogP contribution in [-0.4, -0.2) is 41.6 Å². The predicted molar refractivity (Wildman–Crippen MR) is 134 cm³/mol. The number of carbonyl (C=O) groups is 1. The van der Waals surface area contributed by atoms with Crippen LogP contribution in [0, 0.1) is 17.8 Å². The van der Waals surface area contributed by atoms with Crippen LogP contribution < -0.4 is 5.32 Å². The van der Waals surface area contributed by atoms with Crippen molar-refractivity contribution >= 4 is 5.91 Å². The van der Waals surface area contributed by atoms with Crippen LogP contribution >= 0.6 is 0 Å². The van der Waals surface area contributed by atoms with Crippen molar-refractivity contribution in [3.8, 4) is 0 Å². The van der Waals surface area contributed by atoms with Crippen molar-refractivity contribution in [3.63, 3.8) is 0 Å². The molecule has 34 heavy (non-hydrogen) atoms. The molecule has 2 saturated carbocycles. The molecule has 4 nitrogen and oxygen atoms in total. The molecule has 1 amide bonds. The molecule has 2 aromatic carbocycles. The molecule has 4 heteroatoms. The van der Waals surface area contributed by atoms with E-state index < -0.39 is 5.60 Å². The number of nitrogens with one attached hydrogen (secondary N) is 1. The topological polar surface area (TPSA) is 52.6 Å². The predicted octanol–water partition coefficient (Wildman–Crippen LogP) is 4.23. The van der Waals surface area contributed by atoms with Gasteiger partial charge in [0.25, 0.3) is 5.91 Å². The van der Waals surface area contributed by atoms with Gasteiger partial charge in [-0.2, -0.15) is 0 Å². The minimum Gasteiger partial charge on any atom is -0.375 e. The molecule has 4 aliphatic rings. The molecule has 180 valence electrons. The number of hydrogen-bond acceptors (Lipinski definition) is 3. The van der Waals surface area contributed by atoms with Crippen LogP contribution in [0.2, 0.25) is 0 Å². The number of fused-ring (bicyclic) bond motifs is 2. The van der Waals surface area contributed by atoms with Gasteiger partial charge in [-0.1, -0.05) is 61.4 Å². The van der Waals surface area contributed by atoms with E-state index in [1.807, 2.05) is 30.3 Å².